The third-order valence-electron chi connectivity index (χ3n) is 2.08. The van der Waals surface area contributed by atoms with Crippen LogP contribution < -0.4 is 5.32 Å². The fourth-order valence-electron chi connectivity index (χ4n) is 1.19. The Labute approximate surface area is 115 Å². The largest absolute Gasteiger partial charge is 0.347 e. The zero-order valence-electron chi connectivity index (χ0n) is 8.49. The van der Waals surface area contributed by atoms with Crippen LogP contribution in [-0.2, 0) is 6.54 Å². The average Bonchev–Trinajstić information content (AvgIpc) is 2.84. The number of aryl methyl sites for hydroxylation is 1. The highest BCUT2D eigenvalue weighted by Crippen LogP contribution is 2.17. The molecule has 2 heterocycles. The molecule has 1 N–H and O–H groups in total. The number of halogens is 1. The van der Waals surface area contributed by atoms with Crippen LogP contribution in [0.4, 0.5) is 0 Å². The standard InChI is InChI=1S/C10H9IN2OS2/c1-6-8(16-5-13-6)3-12-10(14)7-2-9(11)15-4-7/h2,4-5H,3H2,1H3,(H,12,14). The van der Waals surface area contributed by atoms with E-state index in [0.29, 0.717) is 6.54 Å². The molecule has 0 saturated heterocycles. The molecule has 1 amide bonds. The van der Waals surface area contributed by atoms with Gasteiger partial charge in [-0.25, -0.2) is 4.98 Å². The summed E-state index contributed by atoms with van der Waals surface area (Å²) in [6, 6.07) is 1.89. The molecule has 0 fully saturated rings. The summed E-state index contributed by atoms with van der Waals surface area (Å²) in [7, 11) is 0. The first kappa shape index (κ1) is 12.0. The minimum atomic E-state index is -0.0213. The maximum atomic E-state index is 11.7. The second kappa shape index (κ2) is 5.24. The lowest BCUT2D eigenvalue weighted by molar-refractivity contribution is 0.0951. The van der Waals surface area contributed by atoms with Crippen molar-refractivity contribution in [1.82, 2.24) is 10.3 Å². The number of carbonyl (C=O) groups excluding carboxylic acids is 1. The summed E-state index contributed by atoms with van der Waals surface area (Å²) in [6.45, 7) is 2.51. The second-order valence-corrected chi connectivity index (χ2v) is 6.93. The van der Waals surface area contributed by atoms with E-state index in [1.807, 2.05) is 18.4 Å². The third kappa shape index (κ3) is 2.80. The molecule has 2 aromatic rings. The van der Waals surface area contributed by atoms with Crippen molar-refractivity contribution in [2.45, 2.75) is 13.5 Å². The molecule has 0 unspecified atom stereocenters. The number of thiazole rings is 1. The Kier molecular flexibility index (Phi) is 3.93. The molecule has 0 aliphatic carbocycles. The van der Waals surface area contributed by atoms with E-state index in [9.17, 15) is 4.79 Å². The van der Waals surface area contributed by atoms with Gasteiger partial charge in [0.2, 0.25) is 0 Å². The van der Waals surface area contributed by atoms with Crippen LogP contribution in [0.25, 0.3) is 0 Å². The number of aromatic nitrogens is 1. The Bertz CT molecular complexity index is 506. The van der Waals surface area contributed by atoms with Crippen LogP contribution in [0.5, 0.6) is 0 Å². The SMILES string of the molecule is Cc1ncsc1CNC(=O)c1csc(I)c1. The lowest BCUT2D eigenvalue weighted by Gasteiger charge is -2.01. The van der Waals surface area contributed by atoms with Crippen molar-refractivity contribution in [2.24, 2.45) is 0 Å². The highest BCUT2D eigenvalue weighted by Gasteiger charge is 2.08. The fraction of sp³-hybridized carbons (Fsp3) is 0.200. The van der Waals surface area contributed by atoms with Gasteiger partial charge in [-0.1, -0.05) is 0 Å². The van der Waals surface area contributed by atoms with Crippen molar-refractivity contribution in [3.05, 3.63) is 36.0 Å². The van der Waals surface area contributed by atoms with E-state index in [2.05, 4.69) is 32.9 Å². The molecule has 0 spiro atoms. The first-order valence-electron chi connectivity index (χ1n) is 4.58. The van der Waals surface area contributed by atoms with Crippen molar-refractivity contribution in [1.29, 1.82) is 0 Å². The van der Waals surface area contributed by atoms with Gasteiger partial charge in [0.05, 0.1) is 26.2 Å². The molecule has 0 aliphatic heterocycles. The summed E-state index contributed by atoms with van der Waals surface area (Å²) < 4.78 is 1.12. The van der Waals surface area contributed by atoms with E-state index < -0.39 is 0 Å². The number of thiophene rings is 1. The van der Waals surface area contributed by atoms with Gasteiger partial charge in [-0.3, -0.25) is 4.79 Å². The predicted molar refractivity (Wildman–Crippen MR) is 75.1 cm³/mol. The normalized spacial score (nSPS) is 10.4. The molecule has 0 saturated carbocycles. The zero-order valence-corrected chi connectivity index (χ0v) is 12.3. The van der Waals surface area contributed by atoms with Gasteiger partial charge in [-0.15, -0.1) is 22.7 Å². The number of hydrogen-bond acceptors (Lipinski definition) is 4. The van der Waals surface area contributed by atoms with Crippen LogP contribution in [0, 0.1) is 9.81 Å². The average molecular weight is 364 g/mol. The molecule has 84 valence electrons. The Morgan fingerprint density at radius 3 is 2.94 bits per heavy atom. The van der Waals surface area contributed by atoms with E-state index in [4.69, 9.17) is 0 Å². The summed E-state index contributed by atoms with van der Waals surface area (Å²) in [6.07, 6.45) is 0. The van der Waals surface area contributed by atoms with Gasteiger partial charge >= 0.3 is 0 Å². The van der Waals surface area contributed by atoms with Gasteiger partial charge in [-0.05, 0) is 35.6 Å². The smallest absolute Gasteiger partial charge is 0.252 e. The maximum Gasteiger partial charge on any atom is 0.252 e. The predicted octanol–water partition coefficient (Wildman–Crippen LogP) is 3.05. The Hall–Kier alpha value is -0.470. The molecule has 2 aromatic heterocycles. The monoisotopic (exact) mass is 364 g/mol. The summed E-state index contributed by atoms with van der Waals surface area (Å²) >= 11 is 5.35. The van der Waals surface area contributed by atoms with Gasteiger partial charge in [0.15, 0.2) is 0 Å². The highest BCUT2D eigenvalue weighted by molar-refractivity contribution is 14.1. The van der Waals surface area contributed by atoms with Gasteiger partial charge in [0, 0.05) is 10.3 Å². The van der Waals surface area contributed by atoms with Crippen LogP contribution in [-0.4, -0.2) is 10.9 Å². The summed E-state index contributed by atoms with van der Waals surface area (Å²) in [4.78, 5) is 17.0. The number of nitrogens with one attached hydrogen (secondary N) is 1. The minimum Gasteiger partial charge on any atom is -0.347 e. The topological polar surface area (TPSA) is 42.0 Å². The molecule has 16 heavy (non-hydrogen) atoms. The molecule has 2 rings (SSSR count). The number of hydrogen-bond donors (Lipinski definition) is 1. The van der Waals surface area contributed by atoms with Gasteiger partial charge in [0.25, 0.3) is 5.91 Å². The van der Waals surface area contributed by atoms with Crippen molar-refractivity contribution >= 4 is 51.2 Å². The summed E-state index contributed by atoms with van der Waals surface area (Å²) in [5, 5.41) is 4.76. The van der Waals surface area contributed by atoms with Gasteiger partial charge < -0.3 is 5.32 Å². The zero-order chi connectivity index (χ0) is 11.5. The van der Waals surface area contributed by atoms with Crippen LogP contribution >= 0.6 is 45.3 Å². The number of amides is 1. The van der Waals surface area contributed by atoms with Crippen molar-refractivity contribution in [3.63, 3.8) is 0 Å². The number of nitrogens with zero attached hydrogens (tertiary/aromatic N) is 1. The van der Waals surface area contributed by atoms with Crippen molar-refractivity contribution in [3.8, 4) is 0 Å². The van der Waals surface area contributed by atoms with E-state index >= 15 is 0 Å². The molecular weight excluding hydrogens is 355 g/mol. The minimum absolute atomic E-state index is 0.0213. The van der Waals surface area contributed by atoms with Crippen LogP contribution in [0.3, 0.4) is 0 Å². The van der Waals surface area contributed by atoms with Gasteiger partial charge in [0.1, 0.15) is 0 Å². The Morgan fingerprint density at radius 2 is 2.38 bits per heavy atom. The van der Waals surface area contributed by atoms with E-state index in [1.54, 1.807) is 28.2 Å². The highest BCUT2D eigenvalue weighted by atomic mass is 127. The molecule has 3 nitrogen and oxygen atoms in total. The molecule has 6 heteroatoms. The number of rotatable bonds is 3. The molecule has 0 atom stereocenters. The van der Waals surface area contributed by atoms with Crippen molar-refractivity contribution in [2.75, 3.05) is 0 Å². The first-order chi connectivity index (χ1) is 7.66. The van der Waals surface area contributed by atoms with Crippen LogP contribution in [0.1, 0.15) is 20.9 Å². The van der Waals surface area contributed by atoms with E-state index in [-0.39, 0.29) is 5.91 Å². The number of carbonyl (C=O) groups is 1. The summed E-state index contributed by atoms with van der Waals surface area (Å²) in [5.74, 6) is -0.0213. The van der Waals surface area contributed by atoms with Crippen LogP contribution in [0.2, 0.25) is 0 Å². The third-order valence-corrected chi connectivity index (χ3v) is 4.81. The maximum absolute atomic E-state index is 11.7. The quantitative estimate of drug-likeness (QED) is 0.851. The second-order valence-electron chi connectivity index (χ2n) is 3.18. The van der Waals surface area contributed by atoms with E-state index in [0.717, 1.165) is 19.0 Å². The molecule has 0 bridgehead atoms. The lowest BCUT2D eigenvalue weighted by atomic mass is 10.3. The molecule has 0 radical (unpaired) electrons. The summed E-state index contributed by atoms with van der Waals surface area (Å²) in [5.41, 5.74) is 3.52. The van der Waals surface area contributed by atoms with E-state index in [1.165, 1.54) is 0 Å². The molecular formula is C10H9IN2OS2. The molecule has 0 aliphatic rings. The Balaban J connectivity index is 1.96. The molecule has 0 aromatic carbocycles. The van der Waals surface area contributed by atoms with Crippen molar-refractivity contribution < 1.29 is 4.79 Å². The Morgan fingerprint density at radius 1 is 1.56 bits per heavy atom. The lowest BCUT2D eigenvalue weighted by Crippen LogP contribution is -2.22. The van der Waals surface area contributed by atoms with Crippen LogP contribution in [0.15, 0.2) is 17.0 Å². The first-order valence-corrected chi connectivity index (χ1v) is 7.42. The fourth-order valence-corrected chi connectivity index (χ4v) is 3.23. The van der Waals surface area contributed by atoms with Gasteiger partial charge in [-0.2, -0.15) is 0 Å².